The number of rotatable bonds is 2. The van der Waals surface area contributed by atoms with E-state index in [0.717, 1.165) is 5.69 Å². The number of hydrogen-bond acceptors (Lipinski definition) is 2. The summed E-state index contributed by atoms with van der Waals surface area (Å²) in [5.41, 5.74) is 3.88. The molecule has 0 spiro atoms. The van der Waals surface area contributed by atoms with E-state index in [2.05, 4.69) is 31.7 Å². The van der Waals surface area contributed by atoms with Gasteiger partial charge in [0, 0.05) is 5.69 Å². The van der Waals surface area contributed by atoms with E-state index in [1.807, 2.05) is 30.3 Å². The van der Waals surface area contributed by atoms with Gasteiger partial charge in [-0.05, 0) is 46.3 Å². The zero-order valence-electron chi connectivity index (χ0n) is 9.90. The second-order valence-electron chi connectivity index (χ2n) is 3.69. The predicted octanol–water partition coefficient (Wildman–Crippen LogP) is 3.15. The number of benzene rings is 2. The fraction of sp³-hybridized carbons (Fsp3) is 0. The van der Waals surface area contributed by atoms with Gasteiger partial charge in [0.15, 0.2) is 0 Å². The van der Waals surface area contributed by atoms with Gasteiger partial charge < -0.3 is 5.32 Å². The van der Waals surface area contributed by atoms with Crippen LogP contribution in [0.4, 0.5) is 15.8 Å². The summed E-state index contributed by atoms with van der Waals surface area (Å²) in [7, 11) is 0. The van der Waals surface area contributed by atoms with E-state index in [0.29, 0.717) is 16.1 Å². The van der Waals surface area contributed by atoms with Gasteiger partial charge in [0.2, 0.25) is 5.96 Å². The van der Waals surface area contributed by atoms with Crippen molar-refractivity contribution in [2.24, 2.45) is 10.8 Å². The Morgan fingerprint density at radius 1 is 1.16 bits per heavy atom. The number of aliphatic imine (C=N–C) groups is 1. The molecule has 0 heterocycles. The molecule has 2 rings (SSSR count). The first-order chi connectivity index (χ1) is 9.19. The Kier molecular flexibility index (Phi) is 4.48. The van der Waals surface area contributed by atoms with Gasteiger partial charge in [0.1, 0.15) is 5.82 Å². The Bertz CT molecular complexity index is 586. The minimum absolute atomic E-state index is 0.326. The quantitative estimate of drug-likeness (QED) is 0.344. The summed E-state index contributed by atoms with van der Waals surface area (Å²) >= 11 is 3.12. The minimum atomic E-state index is -0.326. The molecule has 4 N–H and O–H groups in total. The van der Waals surface area contributed by atoms with E-state index in [1.54, 1.807) is 12.1 Å². The summed E-state index contributed by atoms with van der Waals surface area (Å²) in [5, 5.41) is 2.96. The molecule has 2 aromatic rings. The lowest BCUT2D eigenvalue weighted by molar-refractivity contribution is 0.621. The zero-order valence-corrected chi connectivity index (χ0v) is 11.5. The molecule has 0 atom stereocenters. The highest BCUT2D eigenvalue weighted by atomic mass is 79.9. The van der Waals surface area contributed by atoms with Crippen LogP contribution in [0.25, 0.3) is 0 Å². The van der Waals surface area contributed by atoms with Gasteiger partial charge in [0.25, 0.3) is 0 Å². The highest BCUT2D eigenvalue weighted by molar-refractivity contribution is 9.10. The molecule has 0 aliphatic carbocycles. The summed E-state index contributed by atoms with van der Waals surface area (Å²) in [6.07, 6.45) is 0. The van der Waals surface area contributed by atoms with Crippen LogP contribution in [0.5, 0.6) is 0 Å². The molecule has 0 aromatic heterocycles. The molecule has 0 bridgehead atoms. The SMILES string of the molecule is NNC(=Nc1ccccc1)Nc1ccc(F)c(Br)c1. The van der Waals surface area contributed by atoms with Crippen molar-refractivity contribution in [3.63, 3.8) is 0 Å². The van der Waals surface area contributed by atoms with Gasteiger partial charge in [-0.25, -0.2) is 15.2 Å². The number of hydrogen-bond donors (Lipinski definition) is 3. The molecular formula is C13H12BrFN4. The van der Waals surface area contributed by atoms with Crippen molar-refractivity contribution in [1.82, 2.24) is 5.43 Å². The summed E-state index contributed by atoms with van der Waals surface area (Å²) in [5.74, 6) is 5.45. The molecule has 0 radical (unpaired) electrons. The Morgan fingerprint density at radius 3 is 2.53 bits per heavy atom. The van der Waals surface area contributed by atoms with Crippen LogP contribution in [0, 0.1) is 5.82 Å². The average Bonchev–Trinajstić information content (AvgIpc) is 2.43. The van der Waals surface area contributed by atoms with Crippen LogP contribution in [0.15, 0.2) is 58.0 Å². The first kappa shape index (κ1) is 13.5. The number of hydrazine groups is 1. The predicted molar refractivity (Wildman–Crippen MR) is 78.6 cm³/mol. The van der Waals surface area contributed by atoms with Crippen LogP contribution in [0.1, 0.15) is 0 Å². The number of guanidine groups is 1. The monoisotopic (exact) mass is 322 g/mol. The molecule has 4 nitrogen and oxygen atoms in total. The second-order valence-corrected chi connectivity index (χ2v) is 4.55. The third-order valence-electron chi connectivity index (χ3n) is 2.32. The highest BCUT2D eigenvalue weighted by Crippen LogP contribution is 2.20. The number of anilines is 1. The fourth-order valence-electron chi connectivity index (χ4n) is 1.44. The van der Waals surface area contributed by atoms with Crippen LogP contribution in [0.2, 0.25) is 0 Å². The summed E-state index contributed by atoms with van der Waals surface area (Å²) in [6, 6.07) is 13.9. The molecule has 2 aromatic carbocycles. The van der Waals surface area contributed by atoms with Crippen molar-refractivity contribution >= 4 is 33.3 Å². The Morgan fingerprint density at radius 2 is 1.89 bits per heavy atom. The summed E-state index contributed by atoms with van der Waals surface area (Å²) in [6.45, 7) is 0. The molecule has 0 saturated carbocycles. The van der Waals surface area contributed by atoms with Crippen molar-refractivity contribution in [3.05, 3.63) is 58.8 Å². The smallest absolute Gasteiger partial charge is 0.215 e. The van der Waals surface area contributed by atoms with Crippen molar-refractivity contribution in [1.29, 1.82) is 0 Å². The molecule has 0 fully saturated rings. The van der Waals surface area contributed by atoms with Crippen LogP contribution in [0.3, 0.4) is 0 Å². The summed E-state index contributed by atoms with van der Waals surface area (Å²) in [4.78, 5) is 4.28. The lowest BCUT2D eigenvalue weighted by atomic mass is 10.3. The van der Waals surface area contributed by atoms with E-state index in [1.165, 1.54) is 6.07 Å². The van der Waals surface area contributed by atoms with Crippen LogP contribution in [-0.4, -0.2) is 5.96 Å². The molecule has 19 heavy (non-hydrogen) atoms. The maximum Gasteiger partial charge on any atom is 0.215 e. The minimum Gasteiger partial charge on any atom is -0.325 e. The van der Waals surface area contributed by atoms with Crippen molar-refractivity contribution in [3.8, 4) is 0 Å². The number of nitrogens with two attached hydrogens (primary N) is 1. The molecule has 98 valence electrons. The summed E-state index contributed by atoms with van der Waals surface area (Å²) < 4.78 is 13.5. The lowest BCUT2D eigenvalue weighted by Crippen LogP contribution is -2.35. The number of nitrogens with zero attached hydrogens (tertiary/aromatic N) is 1. The maximum atomic E-state index is 13.1. The topological polar surface area (TPSA) is 62.4 Å². The maximum absolute atomic E-state index is 13.1. The van der Waals surface area contributed by atoms with E-state index >= 15 is 0 Å². The van der Waals surface area contributed by atoms with Crippen LogP contribution >= 0.6 is 15.9 Å². The average molecular weight is 323 g/mol. The molecule has 0 amide bonds. The second kappa shape index (κ2) is 6.31. The van der Waals surface area contributed by atoms with Crippen LogP contribution < -0.4 is 16.6 Å². The normalized spacial score (nSPS) is 11.2. The van der Waals surface area contributed by atoms with E-state index in [9.17, 15) is 4.39 Å². The zero-order chi connectivity index (χ0) is 13.7. The fourth-order valence-corrected chi connectivity index (χ4v) is 1.82. The van der Waals surface area contributed by atoms with Crippen LogP contribution in [-0.2, 0) is 0 Å². The number of nitrogens with one attached hydrogen (secondary N) is 2. The number of para-hydroxylation sites is 1. The first-order valence-electron chi connectivity index (χ1n) is 5.51. The highest BCUT2D eigenvalue weighted by Gasteiger charge is 2.02. The van der Waals surface area contributed by atoms with Crippen molar-refractivity contribution < 1.29 is 4.39 Å². The van der Waals surface area contributed by atoms with Crippen molar-refractivity contribution in [2.45, 2.75) is 0 Å². The molecule has 0 saturated heterocycles. The Balaban J connectivity index is 2.19. The van der Waals surface area contributed by atoms with E-state index < -0.39 is 0 Å². The lowest BCUT2D eigenvalue weighted by Gasteiger charge is -2.09. The number of halogens is 2. The molecule has 0 aliphatic rings. The van der Waals surface area contributed by atoms with Gasteiger partial charge in [-0.1, -0.05) is 18.2 Å². The third kappa shape index (κ3) is 3.77. The Labute approximate surface area is 118 Å². The van der Waals surface area contributed by atoms with E-state index in [-0.39, 0.29) is 5.82 Å². The standard InChI is InChI=1S/C13H12BrFN4/c14-11-8-10(6-7-12(11)15)18-13(19-16)17-9-4-2-1-3-5-9/h1-8H,16H2,(H2,17,18,19). The first-order valence-corrected chi connectivity index (χ1v) is 6.31. The third-order valence-corrected chi connectivity index (χ3v) is 2.92. The molecule has 0 aliphatic heterocycles. The van der Waals surface area contributed by atoms with Gasteiger partial charge in [-0.3, -0.25) is 5.43 Å². The van der Waals surface area contributed by atoms with Gasteiger partial charge in [-0.2, -0.15) is 0 Å². The van der Waals surface area contributed by atoms with Gasteiger partial charge >= 0.3 is 0 Å². The molecular weight excluding hydrogens is 311 g/mol. The molecule has 0 unspecified atom stereocenters. The van der Waals surface area contributed by atoms with Gasteiger partial charge in [0.05, 0.1) is 10.2 Å². The Hall–Kier alpha value is -1.92. The molecule has 6 heteroatoms. The van der Waals surface area contributed by atoms with E-state index in [4.69, 9.17) is 5.84 Å². The largest absolute Gasteiger partial charge is 0.325 e. The van der Waals surface area contributed by atoms with Crippen molar-refractivity contribution in [2.75, 3.05) is 5.32 Å². The van der Waals surface area contributed by atoms with Gasteiger partial charge in [-0.15, -0.1) is 0 Å².